The number of rotatable bonds is 6. The normalized spacial score (nSPS) is 28.0. The molecule has 3 atom stereocenters. The number of fused-ring (bicyclic) bond motifs is 4. The van der Waals surface area contributed by atoms with Crippen molar-refractivity contribution in [1.82, 2.24) is 4.90 Å². The summed E-state index contributed by atoms with van der Waals surface area (Å²) >= 11 is 0. The van der Waals surface area contributed by atoms with Crippen molar-refractivity contribution < 1.29 is 19.1 Å². The summed E-state index contributed by atoms with van der Waals surface area (Å²) in [6, 6.07) is 11.6. The van der Waals surface area contributed by atoms with Crippen molar-refractivity contribution in [3.05, 3.63) is 80.5 Å². The Kier molecular flexibility index (Phi) is 6.79. The molecule has 0 aromatic heterocycles. The molecule has 0 amide bonds. The van der Waals surface area contributed by atoms with Gasteiger partial charge in [-0.1, -0.05) is 43.2 Å². The highest BCUT2D eigenvalue weighted by Gasteiger charge is 2.73. The van der Waals surface area contributed by atoms with E-state index in [4.69, 9.17) is 9.47 Å². The molecule has 0 radical (unpaired) electrons. The van der Waals surface area contributed by atoms with Gasteiger partial charge in [-0.25, -0.2) is 4.79 Å². The fourth-order valence-corrected chi connectivity index (χ4v) is 9.81. The molecule has 42 heavy (non-hydrogen) atoms. The lowest BCUT2D eigenvalue weighted by atomic mass is 9.44. The van der Waals surface area contributed by atoms with Crippen LogP contribution < -0.4 is 0 Å². The average molecular weight is 568 g/mol. The lowest BCUT2D eigenvalue weighted by Crippen LogP contribution is -2.73. The second-order valence-corrected chi connectivity index (χ2v) is 13.3. The number of carbonyl (C=O) groups is 2. The Hall–Kier alpha value is -3.08. The molecular formula is C37H45NO4. The molecule has 5 heteroatoms. The minimum Gasteiger partial charge on any atom is -0.465 e. The number of hydrogen-bond donors (Lipinski definition) is 0. The zero-order valence-corrected chi connectivity index (χ0v) is 25.8. The van der Waals surface area contributed by atoms with E-state index < -0.39 is 11.0 Å². The summed E-state index contributed by atoms with van der Waals surface area (Å²) in [5.41, 5.74) is 9.13. The molecule has 1 saturated carbocycles. The zero-order valence-electron chi connectivity index (χ0n) is 25.8. The first-order valence-corrected chi connectivity index (χ1v) is 16.4. The second-order valence-electron chi connectivity index (χ2n) is 13.3. The van der Waals surface area contributed by atoms with Gasteiger partial charge < -0.3 is 14.4 Å². The maximum absolute atomic E-state index is 15.2. The van der Waals surface area contributed by atoms with Gasteiger partial charge in [0.05, 0.1) is 24.3 Å². The topological polar surface area (TPSA) is 55.8 Å². The molecule has 1 aliphatic heterocycles. The van der Waals surface area contributed by atoms with Crippen LogP contribution in [0.1, 0.15) is 98.2 Å². The molecule has 7 rings (SSSR count). The lowest BCUT2D eigenvalue weighted by Gasteiger charge is -2.66. The summed E-state index contributed by atoms with van der Waals surface area (Å²) in [7, 11) is 2.11. The van der Waals surface area contributed by atoms with E-state index in [0.717, 1.165) is 75.5 Å². The van der Waals surface area contributed by atoms with Gasteiger partial charge >= 0.3 is 11.9 Å². The number of likely N-dealkylation sites (N-methyl/N-ethyl adjacent to an activating group) is 1. The van der Waals surface area contributed by atoms with Crippen LogP contribution in [0.4, 0.5) is 0 Å². The minimum atomic E-state index is -1.08. The van der Waals surface area contributed by atoms with Crippen LogP contribution in [-0.2, 0) is 62.1 Å². The van der Waals surface area contributed by atoms with Crippen molar-refractivity contribution in [2.24, 2.45) is 11.8 Å². The van der Waals surface area contributed by atoms with Crippen molar-refractivity contribution in [3.63, 3.8) is 0 Å². The first-order chi connectivity index (χ1) is 20.4. The summed E-state index contributed by atoms with van der Waals surface area (Å²) in [5, 5.41) is 0. The summed E-state index contributed by atoms with van der Waals surface area (Å²) in [6.45, 7) is 6.47. The van der Waals surface area contributed by atoms with Crippen molar-refractivity contribution in [3.8, 4) is 0 Å². The van der Waals surface area contributed by atoms with Gasteiger partial charge in [-0.05, 0) is 117 Å². The molecule has 1 fully saturated rings. The van der Waals surface area contributed by atoms with Crippen LogP contribution in [0.2, 0.25) is 0 Å². The summed E-state index contributed by atoms with van der Waals surface area (Å²) in [6.07, 6.45) is 11.7. The van der Waals surface area contributed by atoms with Gasteiger partial charge in [0.15, 0.2) is 0 Å². The highest BCUT2D eigenvalue weighted by Crippen LogP contribution is 2.67. The van der Waals surface area contributed by atoms with Crippen LogP contribution in [0, 0.1) is 11.8 Å². The maximum atomic E-state index is 15.2. The third kappa shape index (κ3) is 3.61. The van der Waals surface area contributed by atoms with Crippen LogP contribution >= 0.6 is 0 Å². The van der Waals surface area contributed by atoms with Gasteiger partial charge in [-0.15, -0.1) is 0 Å². The lowest BCUT2D eigenvalue weighted by molar-refractivity contribution is -0.168. The number of carbonyl (C=O) groups excluding carboxylic acids is 2. The highest BCUT2D eigenvalue weighted by atomic mass is 16.5. The van der Waals surface area contributed by atoms with Gasteiger partial charge in [0.2, 0.25) is 0 Å². The largest absolute Gasteiger partial charge is 0.465 e. The molecule has 0 bridgehead atoms. The fraction of sp³-hybridized carbons (Fsp3) is 0.568. The molecular weight excluding hydrogens is 522 g/mol. The van der Waals surface area contributed by atoms with Crippen LogP contribution in [0.25, 0.3) is 0 Å². The Morgan fingerprint density at radius 3 is 2.17 bits per heavy atom. The average Bonchev–Trinajstić information content (AvgIpc) is 3.75. The third-order valence-electron chi connectivity index (χ3n) is 11.6. The predicted molar refractivity (Wildman–Crippen MR) is 163 cm³/mol. The molecule has 222 valence electrons. The zero-order chi connectivity index (χ0) is 29.2. The second kappa shape index (κ2) is 10.3. The van der Waals surface area contributed by atoms with Crippen LogP contribution in [-0.4, -0.2) is 37.1 Å². The molecule has 1 heterocycles. The molecule has 0 unspecified atom stereocenters. The number of benzene rings is 2. The van der Waals surface area contributed by atoms with E-state index >= 15 is 4.79 Å². The van der Waals surface area contributed by atoms with E-state index in [1.165, 1.54) is 39.8 Å². The highest BCUT2D eigenvalue weighted by molar-refractivity contribution is 5.96. The molecule has 5 aliphatic rings. The van der Waals surface area contributed by atoms with Gasteiger partial charge in [-0.3, -0.25) is 4.79 Å². The van der Waals surface area contributed by atoms with Gasteiger partial charge in [-0.2, -0.15) is 0 Å². The Balaban J connectivity index is 1.59. The van der Waals surface area contributed by atoms with E-state index in [2.05, 4.69) is 49.2 Å². The van der Waals surface area contributed by atoms with Gasteiger partial charge in [0, 0.05) is 25.1 Å². The molecule has 2 aromatic rings. The molecule has 2 aromatic carbocycles. The minimum absolute atomic E-state index is 0.188. The Morgan fingerprint density at radius 2 is 1.48 bits per heavy atom. The predicted octanol–water partition coefficient (Wildman–Crippen LogP) is 6.51. The Morgan fingerprint density at radius 1 is 0.833 bits per heavy atom. The number of nitrogens with zero attached hydrogens (tertiary/aromatic N) is 1. The van der Waals surface area contributed by atoms with Gasteiger partial charge in [0.1, 0.15) is 5.41 Å². The van der Waals surface area contributed by atoms with E-state index in [-0.39, 0.29) is 23.8 Å². The van der Waals surface area contributed by atoms with Crippen LogP contribution in [0.5, 0.6) is 0 Å². The van der Waals surface area contributed by atoms with Crippen molar-refractivity contribution in [2.75, 3.05) is 20.3 Å². The van der Waals surface area contributed by atoms with Crippen molar-refractivity contribution in [2.45, 2.75) is 102 Å². The Labute approximate surface area is 250 Å². The number of esters is 2. The summed E-state index contributed by atoms with van der Waals surface area (Å²) in [4.78, 5) is 31.6. The summed E-state index contributed by atoms with van der Waals surface area (Å²) < 4.78 is 12.0. The van der Waals surface area contributed by atoms with Crippen molar-refractivity contribution in [1.29, 1.82) is 0 Å². The molecule has 0 N–H and O–H groups in total. The van der Waals surface area contributed by atoms with E-state index in [1.54, 1.807) is 0 Å². The van der Waals surface area contributed by atoms with E-state index in [9.17, 15) is 4.79 Å². The monoisotopic (exact) mass is 567 g/mol. The number of ether oxygens (including phenoxy) is 2. The third-order valence-corrected chi connectivity index (χ3v) is 11.6. The van der Waals surface area contributed by atoms with Crippen LogP contribution in [0.15, 0.2) is 41.6 Å². The van der Waals surface area contributed by atoms with E-state index in [1.807, 2.05) is 13.8 Å². The molecule has 0 saturated heterocycles. The first kappa shape index (κ1) is 27.7. The molecule has 5 nitrogen and oxygen atoms in total. The van der Waals surface area contributed by atoms with E-state index in [0.29, 0.717) is 18.8 Å². The first-order valence-electron chi connectivity index (χ1n) is 16.4. The number of allylic oxidation sites excluding steroid dienone is 1. The summed E-state index contributed by atoms with van der Waals surface area (Å²) in [5.74, 6) is -0.597. The quantitative estimate of drug-likeness (QED) is 0.373. The smallest absolute Gasteiger partial charge is 0.336 e. The maximum Gasteiger partial charge on any atom is 0.336 e. The molecule has 4 aliphatic carbocycles. The van der Waals surface area contributed by atoms with Gasteiger partial charge in [0.25, 0.3) is 0 Å². The van der Waals surface area contributed by atoms with Crippen LogP contribution in [0.3, 0.4) is 0 Å². The fourth-order valence-electron chi connectivity index (χ4n) is 9.81. The molecule has 1 spiro atoms. The number of hydrogen-bond acceptors (Lipinski definition) is 5. The van der Waals surface area contributed by atoms with Crippen molar-refractivity contribution >= 4 is 11.9 Å². The SMILES string of the molecule is CCOC(=O)C1=C(C)N(C)[C@]2(Cc3cc4c(cc32)CCC4)[C@](C(=O)OCC)(c2ccc3c(c2)CCC3)[C@H]1C1CCCC1. The number of aryl methyl sites for hydroxylation is 4. The standard InChI is InChI=1S/C37H45NO4/c1-5-41-34(39)32-23(3)38(4)36(22-29-19-26-14-10-16-28(26)21-31(29)36)37(35(40)42-6-2,33(32)25-11-7-8-12-25)30-18-17-24-13-9-15-27(24)20-30/h17-21,25,33H,5-16,22H2,1-4H3/t33-,36-,37+/m0/s1. The Bertz CT molecular complexity index is 1480.